The van der Waals surface area contributed by atoms with E-state index in [1.165, 1.54) is 18.7 Å². The van der Waals surface area contributed by atoms with E-state index in [1.807, 2.05) is 6.26 Å². The molecule has 0 N–H and O–H groups in total. The molecule has 0 aromatic rings. The summed E-state index contributed by atoms with van der Waals surface area (Å²) in [6, 6.07) is 0. The maximum absolute atomic E-state index is 10.4. The van der Waals surface area contributed by atoms with Crippen LogP contribution in [0.25, 0.3) is 0 Å². The number of thioether (sulfide) groups is 1. The van der Waals surface area contributed by atoms with Crippen LogP contribution in [0.3, 0.4) is 0 Å². The van der Waals surface area contributed by atoms with E-state index in [0.717, 1.165) is 4.91 Å². The molecule has 12 heavy (non-hydrogen) atoms. The Hall–Kier alpha value is -0.960. The summed E-state index contributed by atoms with van der Waals surface area (Å²) in [4.78, 5) is 11.3. The highest BCUT2D eigenvalue weighted by molar-refractivity contribution is 8.02. The number of hydrogen-bond acceptors (Lipinski definition) is 3. The maximum Gasteiger partial charge on any atom is 0.308 e. The average molecular weight is 184 g/mol. The monoisotopic (exact) mass is 184 g/mol. The molecule has 0 aliphatic carbocycles. The van der Waals surface area contributed by atoms with Crippen molar-refractivity contribution in [3.63, 3.8) is 0 Å². The van der Waals surface area contributed by atoms with E-state index < -0.39 is 0 Å². The number of rotatable bonds is 4. The van der Waals surface area contributed by atoms with Crippen molar-refractivity contribution in [2.45, 2.75) is 6.92 Å². The van der Waals surface area contributed by atoms with Crippen molar-refractivity contribution in [2.24, 2.45) is 0 Å². The van der Waals surface area contributed by atoms with Gasteiger partial charge in [-0.25, -0.2) is 0 Å². The van der Waals surface area contributed by atoms with Crippen LogP contribution in [0, 0.1) is 0 Å². The van der Waals surface area contributed by atoms with Crippen molar-refractivity contribution in [3.8, 4) is 0 Å². The first-order valence-corrected chi connectivity index (χ1v) is 4.57. The second-order valence-corrected chi connectivity index (χ2v) is 3.00. The van der Waals surface area contributed by atoms with Gasteiger partial charge in [-0.05, 0) is 23.3 Å². The van der Waals surface area contributed by atoms with Crippen LogP contribution in [0.15, 0.2) is 36.0 Å². The molecule has 0 aliphatic heterocycles. The van der Waals surface area contributed by atoms with E-state index in [9.17, 15) is 4.79 Å². The van der Waals surface area contributed by atoms with Crippen molar-refractivity contribution in [2.75, 3.05) is 6.26 Å². The van der Waals surface area contributed by atoms with Gasteiger partial charge in [0.25, 0.3) is 0 Å². The summed E-state index contributed by atoms with van der Waals surface area (Å²) >= 11 is 1.52. The first-order chi connectivity index (χ1) is 5.56. The van der Waals surface area contributed by atoms with E-state index in [2.05, 4.69) is 17.9 Å². The van der Waals surface area contributed by atoms with Crippen LogP contribution in [-0.2, 0) is 9.53 Å². The first-order valence-electron chi connectivity index (χ1n) is 3.34. The van der Waals surface area contributed by atoms with E-state index >= 15 is 0 Å². The second-order valence-electron chi connectivity index (χ2n) is 2.06. The minimum Gasteiger partial charge on any atom is -0.427 e. The Bertz CT molecular complexity index is 229. The van der Waals surface area contributed by atoms with Gasteiger partial charge in [0, 0.05) is 6.92 Å². The Morgan fingerprint density at radius 2 is 2.00 bits per heavy atom. The van der Waals surface area contributed by atoms with Gasteiger partial charge >= 0.3 is 5.97 Å². The summed E-state index contributed by atoms with van der Waals surface area (Å²) in [5, 5.41) is 0. The third-order valence-corrected chi connectivity index (χ3v) is 1.65. The lowest BCUT2D eigenvalue weighted by molar-refractivity contribution is -0.136. The van der Waals surface area contributed by atoms with E-state index in [-0.39, 0.29) is 5.97 Å². The molecule has 0 bridgehead atoms. The largest absolute Gasteiger partial charge is 0.427 e. The van der Waals surface area contributed by atoms with Gasteiger partial charge in [-0.2, -0.15) is 0 Å². The number of hydrogen-bond donors (Lipinski definition) is 0. The predicted octanol–water partition coefficient (Wildman–Crippen LogP) is 2.50. The highest BCUT2D eigenvalue weighted by Crippen LogP contribution is 2.10. The van der Waals surface area contributed by atoms with Crippen LogP contribution in [0.5, 0.6) is 0 Å². The van der Waals surface area contributed by atoms with Crippen molar-refractivity contribution in [3.05, 3.63) is 36.0 Å². The topological polar surface area (TPSA) is 26.3 Å². The number of esters is 1. The summed E-state index contributed by atoms with van der Waals surface area (Å²) in [5.74, 6) is -0.0305. The molecule has 0 aromatic carbocycles. The highest BCUT2D eigenvalue weighted by Gasteiger charge is 1.93. The zero-order valence-corrected chi connectivity index (χ0v) is 8.11. The van der Waals surface area contributed by atoms with Gasteiger partial charge in [0.15, 0.2) is 0 Å². The molecule has 0 aliphatic rings. The van der Waals surface area contributed by atoms with E-state index in [0.29, 0.717) is 5.76 Å². The average Bonchev–Trinajstić information content (AvgIpc) is 1.99. The first kappa shape index (κ1) is 11.0. The zero-order chi connectivity index (χ0) is 9.56. The molecule has 66 valence electrons. The van der Waals surface area contributed by atoms with Crippen LogP contribution in [0.4, 0.5) is 0 Å². The molecule has 2 nitrogen and oxygen atoms in total. The fourth-order valence-corrected chi connectivity index (χ4v) is 0.677. The summed E-state index contributed by atoms with van der Waals surface area (Å²) in [6.45, 7) is 8.58. The second kappa shape index (κ2) is 5.66. The standard InChI is InChI=1S/C9H12O2S/c1-7(11-9(3)10)5-6-8(2)12-4/h5-6H,1-2H2,3-4H3/b6-5-. The molecule has 0 saturated carbocycles. The third-order valence-electron chi connectivity index (χ3n) is 0.992. The lowest BCUT2D eigenvalue weighted by atomic mass is 10.4. The van der Waals surface area contributed by atoms with Crippen LogP contribution in [0.1, 0.15) is 6.92 Å². The SMILES string of the molecule is C=C(/C=C\C(=C)SC)OC(C)=O. The summed E-state index contributed by atoms with van der Waals surface area (Å²) in [7, 11) is 0. The Labute approximate surface area is 77.0 Å². The third kappa shape index (κ3) is 5.80. The highest BCUT2D eigenvalue weighted by atomic mass is 32.2. The zero-order valence-electron chi connectivity index (χ0n) is 7.29. The molecule has 0 unspecified atom stereocenters. The van der Waals surface area contributed by atoms with Crippen molar-refractivity contribution < 1.29 is 9.53 Å². The molecule has 0 atom stereocenters. The van der Waals surface area contributed by atoms with Gasteiger partial charge in [0.2, 0.25) is 0 Å². The van der Waals surface area contributed by atoms with Gasteiger partial charge in [0.05, 0.1) is 0 Å². The van der Waals surface area contributed by atoms with Gasteiger partial charge < -0.3 is 4.74 Å². The lowest BCUT2D eigenvalue weighted by Crippen LogP contribution is -1.94. The van der Waals surface area contributed by atoms with Crippen molar-refractivity contribution in [1.82, 2.24) is 0 Å². The van der Waals surface area contributed by atoms with Gasteiger partial charge in [-0.1, -0.05) is 13.2 Å². The minimum absolute atomic E-state index is 0.331. The van der Waals surface area contributed by atoms with E-state index in [4.69, 9.17) is 0 Å². The van der Waals surface area contributed by atoms with Gasteiger partial charge in [-0.15, -0.1) is 11.8 Å². The molecule has 0 amide bonds. The fourth-order valence-electron chi connectivity index (χ4n) is 0.473. The Kier molecular flexibility index (Phi) is 5.21. The summed E-state index contributed by atoms with van der Waals surface area (Å²) in [6.07, 6.45) is 5.28. The molecule has 0 aromatic heterocycles. The van der Waals surface area contributed by atoms with Crippen molar-refractivity contribution in [1.29, 1.82) is 0 Å². The normalized spacial score (nSPS) is 9.83. The van der Waals surface area contributed by atoms with Gasteiger partial charge in [0.1, 0.15) is 5.76 Å². The Balaban J connectivity index is 3.91. The number of ether oxygens (including phenoxy) is 1. The van der Waals surface area contributed by atoms with Gasteiger partial charge in [-0.3, -0.25) is 4.79 Å². The van der Waals surface area contributed by atoms with Crippen molar-refractivity contribution >= 4 is 17.7 Å². The fraction of sp³-hybridized carbons (Fsp3) is 0.222. The molecular formula is C9H12O2S. The molecule has 0 saturated heterocycles. The molecule has 0 fully saturated rings. The van der Waals surface area contributed by atoms with Crippen LogP contribution >= 0.6 is 11.8 Å². The molecule has 3 heteroatoms. The van der Waals surface area contributed by atoms with Crippen LogP contribution < -0.4 is 0 Å². The Morgan fingerprint density at radius 3 is 2.42 bits per heavy atom. The molecule has 0 radical (unpaired) electrons. The number of carbonyl (C=O) groups excluding carboxylic acids is 1. The quantitative estimate of drug-likeness (QED) is 0.381. The molecule has 0 rings (SSSR count). The molecular weight excluding hydrogens is 172 g/mol. The maximum atomic E-state index is 10.4. The predicted molar refractivity (Wildman–Crippen MR) is 52.7 cm³/mol. The van der Waals surface area contributed by atoms with E-state index in [1.54, 1.807) is 12.2 Å². The molecule has 0 heterocycles. The lowest BCUT2D eigenvalue weighted by Gasteiger charge is -1.98. The minimum atomic E-state index is -0.362. The summed E-state index contributed by atoms with van der Waals surface area (Å²) < 4.78 is 4.67. The number of allylic oxidation sites excluding steroid dienone is 2. The van der Waals surface area contributed by atoms with Crippen LogP contribution in [-0.4, -0.2) is 12.2 Å². The smallest absolute Gasteiger partial charge is 0.308 e. The number of carbonyl (C=O) groups is 1. The Morgan fingerprint density at radius 1 is 1.42 bits per heavy atom. The summed E-state index contributed by atoms with van der Waals surface area (Å²) in [5.41, 5.74) is 0. The molecule has 0 spiro atoms. The van der Waals surface area contributed by atoms with Crippen LogP contribution in [0.2, 0.25) is 0 Å².